The molecule has 0 aliphatic carbocycles. The third-order valence-electron chi connectivity index (χ3n) is 6.37. The van der Waals surface area contributed by atoms with E-state index < -0.39 is 60.2 Å². The molecule has 5 unspecified atom stereocenters. The first-order valence-electron chi connectivity index (χ1n) is 12.3. The number of hydrogen-bond acceptors (Lipinski definition) is 7. The highest BCUT2D eigenvalue weighted by molar-refractivity contribution is 7.80. The normalized spacial score (nSPS) is 15.1. The van der Waals surface area contributed by atoms with Crippen molar-refractivity contribution < 1.29 is 34.2 Å². The lowest BCUT2D eigenvalue weighted by Crippen LogP contribution is -2.58. The number of carbonyl (C=O) groups excluding carboxylic acids is 3. The number of nitrogens with one attached hydrogen (secondary N) is 4. The SMILES string of the molecule is CCC(C)C(N)C(=O)NC(Cc1c[nH]c2ccccc12)C(=O)NC(CCC(=O)O)C(=O)NC(CS)C(=O)O. The summed E-state index contributed by atoms with van der Waals surface area (Å²) in [6, 6.07) is 2.65. The number of carboxylic acid groups (broad SMARTS) is 2. The van der Waals surface area contributed by atoms with E-state index in [2.05, 4.69) is 33.6 Å². The number of rotatable bonds is 15. The average Bonchev–Trinajstić information content (AvgIpc) is 3.30. The molecule has 0 saturated heterocycles. The maximum atomic E-state index is 13.4. The molecule has 1 heterocycles. The molecule has 38 heavy (non-hydrogen) atoms. The summed E-state index contributed by atoms with van der Waals surface area (Å²) < 4.78 is 0. The highest BCUT2D eigenvalue weighted by atomic mass is 32.1. The van der Waals surface area contributed by atoms with Gasteiger partial charge in [-0.2, -0.15) is 12.6 Å². The topological polar surface area (TPSA) is 204 Å². The first kappa shape index (κ1) is 30.6. The Morgan fingerprint density at radius 2 is 1.58 bits per heavy atom. The Hall–Kier alpha value is -3.58. The number of carboxylic acids is 2. The third-order valence-corrected chi connectivity index (χ3v) is 6.73. The molecule has 1 aromatic heterocycles. The molecule has 0 radical (unpaired) electrons. The minimum Gasteiger partial charge on any atom is -0.481 e. The molecule has 1 aromatic carbocycles. The van der Waals surface area contributed by atoms with Crippen LogP contribution in [0.2, 0.25) is 0 Å². The lowest BCUT2D eigenvalue weighted by Gasteiger charge is -2.26. The van der Waals surface area contributed by atoms with Crippen LogP contribution in [0.4, 0.5) is 0 Å². The van der Waals surface area contributed by atoms with E-state index in [1.54, 1.807) is 6.20 Å². The highest BCUT2D eigenvalue weighted by Crippen LogP contribution is 2.19. The summed E-state index contributed by atoms with van der Waals surface area (Å²) in [7, 11) is 0. The largest absolute Gasteiger partial charge is 0.481 e. The summed E-state index contributed by atoms with van der Waals surface area (Å²) in [4.78, 5) is 64.7. The second-order valence-electron chi connectivity index (χ2n) is 9.11. The Labute approximate surface area is 225 Å². The van der Waals surface area contributed by atoms with Gasteiger partial charge in [-0.1, -0.05) is 38.5 Å². The van der Waals surface area contributed by atoms with Gasteiger partial charge >= 0.3 is 11.9 Å². The van der Waals surface area contributed by atoms with Crippen molar-refractivity contribution in [3.05, 3.63) is 36.0 Å². The Balaban J connectivity index is 2.32. The van der Waals surface area contributed by atoms with Gasteiger partial charge in [0.15, 0.2) is 0 Å². The Morgan fingerprint density at radius 1 is 0.974 bits per heavy atom. The second kappa shape index (κ2) is 14.4. The molecule has 0 spiro atoms. The standard InChI is InChI=1S/C25H35N5O7S/c1-3-13(2)21(26)24(35)29-18(10-14-11-27-16-7-5-4-6-15(14)16)23(34)28-17(8-9-20(31)32)22(33)30-19(12-38)25(36)37/h4-7,11,13,17-19,21,27,38H,3,8-10,12,26H2,1-2H3,(H,28,34)(H,29,35)(H,30,33)(H,31,32)(H,36,37). The molecular weight excluding hydrogens is 514 g/mol. The van der Waals surface area contributed by atoms with Crippen LogP contribution in [0.15, 0.2) is 30.5 Å². The van der Waals surface area contributed by atoms with Crippen LogP contribution >= 0.6 is 12.6 Å². The van der Waals surface area contributed by atoms with Crippen molar-refractivity contribution >= 4 is 53.2 Å². The molecule has 0 saturated carbocycles. The first-order chi connectivity index (χ1) is 18.0. The zero-order valence-electron chi connectivity index (χ0n) is 21.3. The number of aromatic amines is 1. The first-order valence-corrected chi connectivity index (χ1v) is 12.9. The Morgan fingerprint density at radius 3 is 2.18 bits per heavy atom. The summed E-state index contributed by atoms with van der Waals surface area (Å²) in [6.07, 6.45) is 1.64. The number of nitrogens with two attached hydrogens (primary N) is 1. The van der Waals surface area contributed by atoms with Crippen LogP contribution in [-0.4, -0.2) is 74.8 Å². The molecule has 2 aromatic rings. The highest BCUT2D eigenvalue weighted by Gasteiger charge is 2.31. The van der Waals surface area contributed by atoms with E-state index in [1.807, 2.05) is 38.1 Å². The molecule has 5 atom stereocenters. The van der Waals surface area contributed by atoms with Crippen LogP contribution in [0.25, 0.3) is 10.9 Å². The lowest BCUT2D eigenvalue weighted by atomic mass is 9.98. The fraction of sp³-hybridized carbons (Fsp3) is 0.480. The molecular formula is C25H35N5O7S. The molecule has 3 amide bonds. The summed E-state index contributed by atoms with van der Waals surface area (Å²) in [6.45, 7) is 3.69. The predicted octanol–water partition coefficient (Wildman–Crippen LogP) is 0.417. The van der Waals surface area contributed by atoms with E-state index in [9.17, 15) is 29.1 Å². The van der Waals surface area contributed by atoms with Crippen LogP contribution in [0.5, 0.6) is 0 Å². The lowest BCUT2D eigenvalue weighted by molar-refractivity contribution is -0.142. The molecule has 12 nitrogen and oxygen atoms in total. The smallest absolute Gasteiger partial charge is 0.327 e. The maximum absolute atomic E-state index is 13.4. The number of carbonyl (C=O) groups is 5. The number of para-hydroxylation sites is 1. The summed E-state index contributed by atoms with van der Waals surface area (Å²) in [5.74, 6) is -5.09. The number of amides is 3. The van der Waals surface area contributed by atoms with E-state index >= 15 is 0 Å². The minimum absolute atomic E-state index is 0.0521. The number of hydrogen-bond donors (Lipinski definition) is 8. The molecule has 13 heteroatoms. The van der Waals surface area contributed by atoms with Gasteiger partial charge in [-0.05, 0) is 24.0 Å². The molecule has 0 fully saturated rings. The van der Waals surface area contributed by atoms with Crippen LogP contribution in [0.3, 0.4) is 0 Å². The number of aliphatic carboxylic acids is 2. The zero-order chi connectivity index (χ0) is 28.4. The fourth-order valence-electron chi connectivity index (χ4n) is 3.78. The molecule has 2 rings (SSSR count). The molecule has 0 aliphatic heterocycles. The van der Waals surface area contributed by atoms with E-state index in [-0.39, 0.29) is 24.5 Å². The number of aromatic nitrogens is 1. The van der Waals surface area contributed by atoms with Gasteiger partial charge in [-0.15, -0.1) is 0 Å². The van der Waals surface area contributed by atoms with Crippen molar-refractivity contribution in [3.63, 3.8) is 0 Å². The Kier molecular flexibility index (Phi) is 11.6. The zero-order valence-corrected chi connectivity index (χ0v) is 22.2. The molecule has 0 aliphatic rings. The van der Waals surface area contributed by atoms with Gasteiger partial charge in [0.25, 0.3) is 0 Å². The summed E-state index contributed by atoms with van der Waals surface area (Å²) in [5.41, 5.74) is 7.63. The van der Waals surface area contributed by atoms with Crippen LogP contribution in [0, 0.1) is 5.92 Å². The van der Waals surface area contributed by atoms with Gasteiger partial charge < -0.3 is 36.9 Å². The van der Waals surface area contributed by atoms with Crippen molar-refractivity contribution in [2.45, 2.75) is 63.7 Å². The fourth-order valence-corrected chi connectivity index (χ4v) is 4.02. The van der Waals surface area contributed by atoms with Crippen LogP contribution < -0.4 is 21.7 Å². The van der Waals surface area contributed by atoms with Gasteiger partial charge in [0.1, 0.15) is 18.1 Å². The summed E-state index contributed by atoms with van der Waals surface area (Å²) in [5, 5.41) is 26.6. The predicted molar refractivity (Wildman–Crippen MR) is 144 cm³/mol. The van der Waals surface area contributed by atoms with Gasteiger partial charge in [0.2, 0.25) is 17.7 Å². The minimum atomic E-state index is -1.37. The van der Waals surface area contributed by atoms with Crippen molar-refractivity contribution in [1.29, 1.82) is 0 Å². The Bertz CT molecular complexity index is 1150. The van der Waals surface area contributed by atoms with Gasteiger partial charge in [0, 0.05) is 35.7 Å². The van der Waals surface area contributed by atoms with Crippen LogP contribution in [-0.2, 0) is 30.4 Å². The number of thiol groups is 1. The van der Waals surface area contributed by atoms with Crippen molar-refractivity contribution in [2.24, 2.45) is 11.7 Å². The van der Waals surface area contributed by atoms with Gasteiger partial charge in [0.05, 0.1) is 6.04 Å². The monoisotopic (exact) mass is 549 g/mol. The second-order valence-corrected chi connectivity index (χ2v) is 9.48. The van der Waals surface area contributed by atoms with E-state index in [0.29, 0.717) is 6.42 Å². The average molecular weight is 550 g/mol. The number of fused-ring (bicyclic) bond motifs is 1. The van der Waals surface area contributed by atoms with Crippen molar-refractivity contribution in [1.82, 2.24) is 20.9 Å². The van der Waals surface area contributed by atoms with Crippen molar-refractivity contribution in [2.75, 3.05) is 5.75 Å². The maximum Gasteiger partial charge on any atom is 0.327 e. The van der Waals surface area contributed by atoms with E-state index in [1.165, 1.54) is 0 Å². The van der Waals surface area contributed by atoms with Gasteiger partial charge in [-0.25, -0.2) is 4.79 Å². The molecule has 0 bridgehead atoms. The van der Waals surface area contributed by atoms with Gasteiger partial charge in [-0.3, -0.25) is 19.2 Å². The van der Waals surface area contributed by atoms with Crippen molar-refractivity contribution in [3.8, 4) is 0 Å². The summed E-state index contributed by atoms with van der Waals surface area (Å²) >= 11 is 3.91. The van der Waals surface area contributed by atoms with E-state index in [0.717, 1.165) is 16.5 Å². The van der Waals surface area contributed by atoms with E-state index in [4.69, 9.17) is 10.8 Å². The number of benzene rings is 1. The van der Waals surface area contributed by atoms with Crippen LogP contribution in [0.1, 0.15) is 38.7 Å². The molecule has 8 N–H and O–H groups in total. The quantitative estimate of drug-likeness (QED) is 0.146. The number of H-pyrrole nitrogens is 1. The molecule has 208 valence electrons. The third kappa shape index (κ3) is 8.48.